The van der Waals surface area contributed by atoms with Crippen LogP contribution in [0.3, 0.4) is 0 Å². The molecule has 0 aromatic carbocycles. The quantitative estimate of drug-likeness (QED) is 0.662. The number of hydrogen-bond acceptors (Lipinski definition) is 6. The summed E-state index contributed by atoms with van der Waals surface area (Å²) in [6.07, 6.45) is -1.60. The van der Waals surface area contributed by atoms with E-state index in [0.29, 0.717) is 11.6 Å². The van der Waals surface area contributed by atoms with Gasteiger partial charge in [-0.1, -0.05) is 0 Å². The van der Waals surface area contributed by atoms with Crippen molar-refractivity contribution in [3.05, 3.63) is 0 Å². The Bertz CT molecular complexity index is 269. The molecular formula is C9H16N2O5. The number of aliphatic hydroxyl groups excluding tert-OH is 1. The van der Waals surface area contributed by atoms with Crippen LogP contribution < -0.4 is 0 Å². The monoisotopic (exact) mass is 232 g/mol. The SMILES string of the molecule is CN(C)CCOC(=O)ON1C(=O)CCC1O. The number of hydrogen-bond donors (Lipinski definition) is 1. The molecule has 1 N–H and O–H groups in total. The van der Waals surface area contributed by atoms with Crippen LogP contribution in [0.5, 0.6) is 0 Å². The summed E-state index contributed by atoms with van der Waals surface area (Å²) in [6.45, 7) is 0.732. The van der Waals surface area contributed by atoms with Gasteiger partial charge in [-0.3, -0.25) is 4.79 Å². The lowest BCUT2D eigenvalue weighted by Gasteiger charge is -2.18. The van der Waals surface area contributed by atoms with E-state index >= 15 is 0 Å². The van der Waals surface area contributed by atoms with Gasteiger partial charge in [-0.05, 0) is 14.1 Å². The normalized spacial score (nSPS) is 20.4. The molecule has 0 aromatic rings. The smallest absolute Gasteiger partial charge is 0.431 e. The van der Waals surface area contributed by atoms with E-state index in [2.05, 4.69) is 4.84 Å². The summed E-state index contributed by atoms with van der Waals surface area (Å²) < 4.78 is 4.70. The van der Waals surface area contributed by atoms with E-state index in [9.17, 15) is 14.7 Å². The molecule has 1 heterocycles. The first-order valence-electron chi connectivity index (χ1n) is 5.00. The third kappa shape index (κ3) is 3.67. The molecule has 0 radical (unpaired) electrons. The zero-order chi connectivity index (χ0) is 12.1. The van der Waals surface area contributed by atoms with Crippen molar-refractivity contribution < 1.29 is 24.3 Å². The van der Waals surface area contributed by atoms with Gasteiger partial charge in [0, 0.05) is 19.4 Å². The maximum absolute atomic E-state index is 11.1. The van der Waals surface area contributed by atoms with Crippen LogP contribution in [0.2, 0.25) is 0 Å². The molecule has 7 heteroatoms. The van der Waals surface area contributed by atoms with Gasteiger partial charge in [-0.25, -0.2) is 4.79 Å². The Balaban J connectivity index is 2.25. The van der Waals surface area contributed by atoms with Crippen molar-refractivity contribution in [2.75, 3.05) is 27.2 Å². The van der Waals surface area contributed by atoms with E-state index in [0.717, 1.165) is 0 Å². The van der Waals surface area contributed by atoms with Gasteiger partial charge in [0.1, 0.15) is 6.61 Å². The summed E-state index contributed by atoms with van der Waals surface area (Å²) >= 11 is 0. The molecule has 0 bridgehead atoms. The maximum atomic E-state index is 11.1. The molecule has 16 heavy (non-hydrogen) atoms. The Morgan fingerprint density at radius 1 is 1.62 bits per heavy atom. The fourth-order valence-corrected chi connectivity index (χ4v) is 1.18. The number of nitrogens with zero attached hydrogens (tertiary/aromatic N) is 2. The summed E-state index contributed by atoms with van der Waals surface area (Å²) in [5, 5.41) is 9.94. The van der Waals surface area contributed by atoms with Crippen LogP contribution in [0.25, 0.3) is 0 Å². The molecule has 1 unspecified atom stereocenters. The van der Waals surface area contributed by atoms with Gasteiger partial charge in [0.2, 0.25) is 0 Å². The van der Waals surface area contributed by atoms with Gasteiger partial charge in [0.05, 0.1) is 0 Å². The molecule has 0 spiro atoms. The van der Waals surface area contributed by atoms with E-state index in [1.54, 1.807) is 0 Å². The predicted molar refractivity (Wildman–Crippen MR) is 53.1 cm³/mol. The van der Waals surface area contributed by atoms with E-state index in [-0.39, 0.29) is 19.4 Å². The first-order chi connectivity index (χ1) is 7.50. The Labute approximate surface area is 93.5 Å². The second-order valence-electron chi connectivity index (χ2n) is 3.73. The standard InChI is InChI=1S/C9H16N2O5/c1-10(2)5-6-15-9(14)16-11-7(12)3-4-8(11)13/h7,12H,3-6H2,1-2H3. The first-order valence-corrected chi connectivity index (χ1v) is 5.00. The summed E-state index contributed by atoms with van der Waals surface area (Å²) in [5.41, 5.74) is 0. The van der Waals surface area contributed by atoms with Crippen molar-refractivity contribution in [2.45, 2.75) is 19.1 Å². The Morgan fingerprint density at radius 2 is 2.31 bits per heavy atom. The summed E-state index contributed by atoms with van der Waals surface area (Å²) in [4.78, 5) is 28.6. The van der Waals surface area contributed by atoms with Gasteiger partial charge in [0.15, 0.2) is 6.23 Å². The lowest BCUT2D eigenvalue weighted by Crippen LogP contribution is -2.35. The summed E-state index contributed by atoms with van der Waals surface area (Å²) in [6, 6.07) is 0. The molecule has 1 atom stereocenters. The molecule has 1 aliphatic heterocycles. The summed E-state index contributed by atoms with van der Waals surface area (Å²) in [5.74, 6) is -0.419. The van der Waals surface area contributed by atoms with E-state index in [1.165, 1.54) is 0 Å². The van der Waals surface area contributed by atoms with Gasteiger partial charge in [-0.15, -0.1) is 5.06 Å². The minimum absolute atomic E-state index is 0.171. The summed E-state index contributed by atoms with van der Waals surface area (Å²) in [7, 11) is 3.67. The van der Waals surface area contributed by atoms with Gasteiger partial charge < -0.3 is 19.6 Å². The number of carbonyl (C=O) groups is 2. The van der Waals surface area contributed by atoms with E-state index in [1.807, 2.05) is 19.0 Å². The molecule has 1 fully saturated rings. The molecule has 0 saturated carbocycles. The lowest BCUT2D eigenvalue weighted by molar-refractivity contribution is -0.199. The number of hydroxylamine groups is 2. The van der Waals surface area contributed by atoms with Crippen LogP contribution >= 0.6 is 0 Å². The highest BCUT2D eigenvalue weighted by atomic mass is 16.8. The van der Waals surface area contributed by atoms with Gasteiger partial charge >= 0.3 is 6.16 Å². The molecule has 1 rings (SSSR count). The van der Waals surface area contributed by atoms with Crippen molar-refractivity contribution in [2.24, 2.45) is 0 Å². The highest BCUT2D eigenvalue weighted by Gasteiger charge is 2.33. The lowest BCUT2D eigenvalue weighted by atomic mass is 10.4. The third-order valence-electron chi connectivity index (χ3n) is 2.06. The van der Waals surface area contributed by atoms with Crippen molar-refractivity contribution >= 4 is 12.1 Å². The van der Waals surface area contributed by atoms with Crippen LogP contribution in [0.15, 0.2) is 0 Å². The van der Waals surface area contributed by atoms with Crippen molar-refractivity contribution in [1.29, 1.82) is 0 Å². The molecular weight excluding hydrogens is 216 g/mol. The van der Waals surface area contributed by atoms with Crippen LogP contribution in [-0.2, 0) is 14.4 Å². The first kappa shape index (κ1) is 12.7. The second-order valence-corrected chi connectivity index (χ2v) is 3.73. The molecule has 1 aliphatic rings. The zero-order valence-corrected chi connectivity index (χ0v) is 9.38. The number of rotatable bonds is 4. The highest BCUT2D eigenvalue weighted by Crippen LogP contribution is 2.16. The zero-order valence-electron chi connectivity index (χ0n) is 9.38. The molecule has 7 nitrogen and oxygen atoms in total. The van der Waals surface area contributed by atoms with Gasteiger partial charge in [0.25, 0.3) is 5.91 Å². The number of aliphatic hydroxyl groups is 1. The second kappa shape index (κ2) is 5.66. The Morgan fingerprint density at radius 3 is 2.81 bits per heavy atom. The van der Waals surface area contributed by atoms with Crippen molar-refractivity contribution in [3.8, 4) is 0 Å². The fraction of sp³-hybridized carbons (Fsp3) is 0.778. The molecule has 92 valence electrons. The minimum Gasteiger partial charge on any atom is -0.431 e. The van der Waals surface area contributed by atoms with E-state index < -0.39 is 18.3 Å². The number of carbonyl (C=O) groups excluding carboxylic acids is 2. The number of ether oxygens (including phenoxy) is 1. The van der Waals surface area contributed by atoms with E-state index in [4.69, 9.17) is 4.74 Å². The maximum Gasteiger partial charge on any atom is 0.533 e. The molecule has 1 amide bonds. The minimum atomic E-state index is -1.06. The van der Waals surface area contributed by atoms with Crippen LogP contribution in [0.1, 0.15) is 12.8 Å². The molecule has 0 aliphatic carbocycles. The number of amides is 1. The highest BCUT2D eigenvalue weighted by molar-refractivity contribution is 5.78. The van der Waals surface area contributed by atoms with Crippen molar-refractivity contribution in [1.82, 2.24) is 9.96 Å². The Hall–Kier alpha value is -1.34. The predicted octanol–water partition coefficient (Wildman–Crippen LogP) is -0.443. The fourth-order valence-electron chi connectivity index (χ4n) is 1.18. The average Bonchev–Trinajstić information content (AvgIpc) is 2.49. The average molecular weight is 232 g/mol. The third-order valence-corrected chi connectivity index (χ3v) is 2.06. The molecule has 1 saturated heterocycles. The van der Waals surface area contributed by atoms with Crippen LogP contribution in [0.4, 0.5) is 4.79 Å². The topological polar surface area (TPSA) is 79.3 Å². The van der Waals surface area contributed by atoms with Crippen molar-refractivity contribution in [3.63, 3.8) is 0 Å². The largest absolute Gasteiger partial charge is 0.533 e. The van der Waals surface area contributed by atoms with Gasteiger partial charge in [-0.2, -0.15) is 0 Å². The molecule has 0 aromatic heterocycles. The van der Waals surface area contributed by atoms with Crippen LogP contribution in [-0.4, -0.2) is 60.6 Å². The Kier molecular flexibility index (Phi) is 4.51. The number of likely N-dealkylation sites (N-methyl/N-ethyl adjacent to an activating group) is 1. The van der Waals surface area contributed by atoms with Crippen LogP contribution in [0, 0.1) is 0 Å².